The van der Waals surface area contributed by atoms with E-state index in [2.05, 4.69) is 0 Å². The summed E-state index contributed by atoms with van der Waals surface area (Å²) >= 11 is 5.73. The molecule has 0 aromatic heterocycles. The molecule has 13 heavy (non-hydrogen) atoms. The van der Waals surface area contributed by atoms with Crippen molar-refractivity contribution in [1.29, 1.82) is 0 Å². The zero-order valence-corrected chi connectivity index (χ0v) is 8.58. The van der Waals surface area contributed by atoms with Crippen molar-refractivity contribution in [2.45, 2.75) is 26.0 Å². The molecule has 0 aliphatic carbocycles. The monoisotopic (exact) mass is 199 g/mol. The zero-order chi connectivity index (χ0) is 9.84. The maximum Gasteiger partial charge on any atom is 0.119 e. The Kier molecular flexibility index (Phi) is 3.58. The van der Waals surface area contributed by atoms with Crippen LogP contribution in [0.25, 0.3) is 0 Å². The van der Waals surface area contributed by atoms with Gasteiger partial charge in [0.25, 0.3) is 0 Å². The van der Waals surface area contributed by atoms with Gasteiger partial charge in [0.1, 0.15) is 11.9 Å². The highest BCUT2D eigenvalue weighted by Crippen LogP contribution is 2.17. The van der Waals surface area contributed by atoms with Gasteiger partial charge in [0, 0.05) is 11.1 Å². The lowest BCUT2D eigenvalue weighted by molar-refractivity contribution is 0.196. The lowest BCUT2D eigenvalue weighted by atomic mass is 10.2. The topological polar surface area (TPSA) is 35.2 Å². The Morgan fingerprint density at radius 3 is 2.23 bits per heavy atom. The Morgan fingerprint density at radius 2 is 1.77 bits per heavy atom. The number of benzene rings is 1. The summed E-state index contributed by atoms with van der Waals surface area (Å²) in [5, 5.41) is 0.709. The molecule has 2 N–H and O–H groups in total. The van der Waals surface area contributed by atoms with Gasteiger partial charge >= 0.3 is 0 Å². The van der Waals surface area contributed by atoms with Gasteiger partial charge in [-0.15, -0.1) is 0 Å². The average molecular weight is 200 g/mol. The van der Waals surface area contributed by atoms with Gasteiger partial charge in [-0.2, -0.15) is 0 Å². The third kappa shape index (κ3) is 3.25. The fraction of sp³-hybridized carbons (Fsp3) is 0.400. The molecule has 2 nitrogen and oxygen atoms in total. The molecule has 72 valence electrons. The van der Waals surface area contributed by atoms with Crippen molar-refractivity contribution in [3.63, 3.8) is 0 Å². The molecular weight excluding hydrogens is 186 g/mol. The normalized spacial score (nSPS) is 15.1. The molecule has 1 rings (SSSR count). The summed E-state index contributed by atoms with van der Waals surface area (Å²) in [6, 6.07) is 7.29. The number of rotatable bonds is 3. The highest BCUT2D eigenvalue weighted by Gasteiger charge is 2.08. The smallest absolute Gasteiger partial charge is 0.119 e. The third-order valence-electron chi connectivity index (χ3n) is 1.88. The molecular formula is C10H14ClNO. The zero-order valence-electron chi connectivity index (χ0n) is 7.83. The van der Waals surface area contributed by atoms with Crippen LogP contribution in [0.1, 0.15) is 13.8 Å². The number of hydrogen-bond acceptors (Lipinski definition) is 2. The maximum absolute atomic E-state index is 5.73. The number of hydrogen-bond donors (Lipinski definition) is 1. The van der Waals surface area contributed by atoms with Gasteiger partial charge in [-0.1, -0.05) is 11.6 Å². The minimum Gasteiger partial charge on any atom is -0.489 e. The highest BCUT2D eigenvalue weighted by atomic mass is 35.5. The summed E-state index contributed by atoms with van der Waals surface area (Å²) in [5.41, 5.74) is 5.66. The fourth-order valence-electron chi connectivity index (χ4n) is 0.835. The summed E-state index contributed by atoms with van der Waals surface area (Å²) in [7, 11) is 0. The standard InChI is InChI=1S/C10H14ClNO/c1-7(12)8(2)13-10-5-3-9(11)4-6-10/h3-8H,12H2,1-2H3/t7-,8?/m1/s1. The van der Waals surface area contributed by atoms with E-state index in [9.17, 15) is 0 Å². The summed E-state index contributed by atoms with van der Waals surface area (Å²) in [6.07, 6.45) is 0.0150. The predicted molar refractivity (Wildman–Crippen MR) is 55.2 cm³/mol. The molecule has 0 saturated carbocycles. The number of nitrogens with two attached hydrogens (primary N) is 1. The molecule has 0 aliphatic rings. The van der Waals surface area contributed by atoms with E-state index in [4.69, 9.17) is 22.1 Å². The van der Waals surface area contributed by atoms with Crippen LogP contribution >= 0.6 is 11.6 Å². The van der Waals surface area contributed by atoms with Crippen LogP contribution in [-0.2, 0) is 0 Å². The van der Waals surface area contributed by atoms with Crippen molar-refractivity contribution in [3.05, 3.63) is 29.3 Å². The van der Waals surface area contributed by atoms with E-state index in [0.717, 1.165) is 5.75 Å². The van der Waals surface area contributed by atoms with Gasteiger partial charge in [-0.05, 0) is 38.1 Å². The van der Waals surface area contributed by atoms with Gasteiger partial charge in [-0.3, -0.25) is 0 Å². The van der Waals surface area contributed by atoms with E-state index in [-0.39, 0.29) is 12.1 Å². The molecule has 3 heteroatoms. The summed E-state index contributed by atoms with van der Waals surface area (Å²) in [6.45, 7) is 3.86. The molecule has 0 spiro atoms. The largest absolute Gasteiger partial charge is 0.489 e. The molecule has 1 unspecified atom stereocenters. The summed E-state index contributed by atoms with van der Waals surface area (Å²) in [4.78, 5) is 0. The van der Waals surface area contributed by atoms with Crippen LogP contribution in [0, 0.1) is 0 Å². The van der Waals surface area contributed by atoms with Crippen molar-refractivity contribution in [1.82, 2.24) is 0 Å². The lowest BCUT2D eigenvalue weighted by Crippen LogP contribution is -2.33. The van der Waals surface area contributed by atoms with Crippen molar-refractivity contribution >= 4 is 11.6 Å². The van der Waals surface area contributed by atoms with Crippen molar-refractivity contribution in [2.24, 2.45) is 5.73 Å². The quantitative estimate of drug-likeness (QED) is 0.812. The first-order chi connectivity index (χ1) is 6.09. The van der Waals surface area contributed by atoms with Gasteiger partial charge in [0.2, 0.25) is 0 Å². The Labute approximate surface area is 83.6 Å². The van der Waals surface area contributed by atoms with Gasteiger partial charge < -0.3 is 10.5 Å². The van der Waals surface area contributed by atoms with E-state index >= 15 is 0 Å². The molecule has 0 saturated heterocycles. The van der Waals surface area contributed by atoms with Crippen molar-refractivity contribution in [2.75, 3.05) is 0 Å². The lowest BCUT2D eigenvalue weighted by Gasteiger charge is -2.17. The molecule has 1 aromatic rings. The van der Waals surface area contributed by atoms with Crippen molar-refractivity contribution in [3.8, 4) is 5.75 Å². The summed E-state index contributed by atoms with van der Waals surface area (Å²) in [5.74, 6) is 0.800. The molecule has 0 bridgehead atoms. The van der Waals surface area contributed by atoms with Crippen LogP contribution in [0.15, 0.2) is 24.3 Å². The Balaban J connectivity index is 2.59. The Hall–Kier alpha value is -0.730. The van der Waals surface area contributed by atoms with E-state index in [1.54, 1.807) is 12.1 Å². The van der Waals surface area contributed by atoms with Crippen LogP contribution in [-0.4, -0.2) is 12.1 Å². The van der Waals surface area contributed by atoms with Crippen molar-refractivity contribution < 1.29 is 4.74 Å². The molecule has 0 fully saturated rings. The van der Waals surface area contributed by atoms with Crippen LogP contribution in [0.5, 0.6) is 5.75 Å². The first-order valence-corrected chi connectivity index (χ1v) is 4.65. The first-order valence-electron chi connectivity index (χ1n) is 4.27. The molecule has 0 amide bonds. The molecule has 0 aliphatic heterocycles. The Bertz CT molecular complexity index is 258. The predicted octanol–water partition coefficient (Wildman–Crippen LogP) is 2.45. The van der Waals surface area contributed by atoms with E-state index in [1.165, 1.54) is 0 Å². The second-order valence-electron chi connectivity index (χ2n) is 3.14. The molecule has 0 radical (unpaired) electrons. The van der Waals surface area contributed by atoms with Crippen LogP contribution in [0.4, 0.5) is 0 Å². The van der Waals surface area contributed by atoms with Gasteiger partial charge in [0.05, 0.1) is 0 Å². The molecule has 1 aromatic carbocycles. The van der Waals surface area contributed by atoms with Gasteiger partial charge in [-0.25, -0.2) is 0 Å². The third-order valence-corrected chi connectivity index (χ3v) is 2.13. The van der Waals surface area contributed by atoms with Gasteiger partial charge in [0.15, 0.2) is 0 Å². The minimum absolute atomic E-state index is 0.0150. The van der Waals surface area contributed by atoms with Crippen LogP contribution < -0.4 is 10.5 Å². The maximum atomic E-state index is 5.73. The second kappa shape index (κ2) is 4.49. The van der Waals surface area contributed by atoms with E-state index < -0.39 is 0 Å². The van der Waals surface area contributed by atoms with Crippen LogP contribution in [0.3, 0.4) is 0 Å². The molecule has 2 atom stereocenters. The number of ether oxygens (including phenoxy) is 1. The first kappa shape index (κ1) is 10.4. The SMILES string of the molecule is CC(Oc1ccc(Cl)cc1)[C@@H](C)N. The van der Waals surface area contributed by atoms with E-state index in [1.807, 2.05) is 26.0 Å². The molecule has 0 heterocycles. The summed E-state index contributed by atoms with van der Waals surface area (Å²) < 4.78 is 5.55. The average Bonchev–Trinajstić information content (AvgIpc) is 2.08. The number of halogens is 1. The highest BCUT2D eigenvalue weighted by molar-refractivity contribution is 6.30. The Morgan fingerprint density at radius 1 is 1.23 bits per heavy atom. The van der Waals surface area contributed by atoms with Crippen LogP contribution in [0.2, 0.25) is 5.02 Å². The second-order valence-corrected chi connectivity index (χ2v) is 3.57. The minimum atomic E-state index is 0.0150. The van der Waals surface area contributed by atoms with E-state index in [0.29, 0.717) is 5.02 Å². The fourth-order valence-corrected chi connectivity index (χ4v) is 0.961.